The lowest BCUT2D eigenvalue weighted by Crippen LogP contribution is -2.36. The molecule has 0 bridgehead atoms. The van der Waals surface area contributed by atoms with Crippen molar-refractivity contribution in [2.45, 2.75) is 32.5 Å². The monoisotopic (exact) mass is 460 g/mol. The molecule has 1 N–H and O–H groups in total. The van der Waals surface area contributed by atoms with E-state index in [2.05, 4.69) is 15.5 Å². The molecule has 0 saturated carbocycles. The molecule has 2 aromatic carbocycles. The minimum absolute atomic E-state index is 0.0289. The summed E-state index contributed by atoms with van der Waals surface area (Å²) >= 11 is 12.9. The van der Waals surface area contributed by atoms with Crippen LogP contribution in [0.3, 0.4) is 0 Å². The summed E-state index contributed by atoms with van der Waals surface area (Å²) in [7, 11) is 3.65. The van der Waals surface area contributed by atoms with E-state index in [1.165, 1.54) is 0 Å². The van der Waals surface area contributed by atoms with Gasteiger partial charge >= 0.3 is 0 Å². The maximum Gasteiger partial charge on any atom is 0.134 e. The molecule has 0 amide bonds. The molecule has 0 spiro atoms. The van der Waals surface area contributed by atoms with Crippen LogP contribution in [0.15, 0.2) is 36.4 Å². The second-order valence-electron chi connectivity index (χ2n) is 7.82. The average molecular weight is 461 g/mol. The first-order chi connectivity index (χ1) is 14.9. The number of rotatable bonds is 7. The molecule has 0 radical (unpaired) electrons. The van der Waals surface area contributed by atoms with Gasteiger partial charge in [-0.2, -0.15) is 0 Å². The summed E-state index contributed by atoms with van der Waals surface area (Å²) in [6.45, 7) is 4.58. The van der Waals surface area contributed by atoms with Crippen LogP contribution in [0.25, 0.3) is 5.69 Å². The minimum Gasteiger partial charge on any atom is -0.485 e. The molecule has 4 rings (SSSR count). The van der Waals surface area contributed by atoms with Gasteiger partial charge in [-0.15, -0.1) is 10.2 Å². The normalized spacial score (nSPS) is 18.8. The first-order valence-electron chi connectivity index (χ1n) is 10.2. The Morgan fingerprint density at radius 1 is 1.13 bits per heavy atom. The van der Waals surface area contributed by atoms with Crippen LogP contribution in [0.2, 0.25) is 10.0 Å². The van der Waals surface area contributed by atoms with Crippen molar-refractivity contribution in [1.82, 2.24) is 20.1 Å². The number of halogens is 2. The number of aromatic nitrogens is 3. The largest absolute Gasteiger partial charge is 0.485 e. The van der Waals surface area contributed by atoms with Crippen molar-refractivity contribution < 1.29 is 9.47 Å². The van der Waals surface area contributed by atoms with E-state index in [9.17, 15) is 0 Å². The Balaban J connectivity index is 1.66. The molecule has 1 aromatic heterocycles. The zero-order chi connectivity index (χ0) is 22.1. The Morgan fingerprint density at radius 3 is 2.42 bits per heavy atom. The van der Waals surface area contributed by atoms with Gasteiger partial charge in [-0.25, -0.2) is 0 Å². The van der Waals surface area contributed by atoms with Crippen LogP contribution in [0.1, 0.15) is 28.9 Å². The average Bonchev–Trinajstić information content (AvgIpc) is 3.27. The molecule has 0 aliphatic heterocycles. The van der Waals surface area contributed by atoms with Crippen LogP contribution in [0, 0.1) is 19.8 Å². The van der Waals surface area contributed by atoms with Crippen LogP contribution in [-0.2, 0) is 11.2 Å². The highest BCUT2D eigenvalue weighted by molar-refractivity contribution is 6.35. The quantitative estimate of drug-likeness (QED) is 0.552. The van der Waals surface area contributed by atoms with Crippen molar-refractivity contribution in [3.63, 3.8) is 0 Å². The molecule has 164 valence electrons. The fourth-order valence-corrected chi connectivity index (χ4v) is 5.00. The van der Waals surface area contributed by atoms with Crippen LogP contribution in [0.5, 0.6) is 5.75 Å². The lowest BCUT2D eigenvalue weighted by Gasteiger charge is -2.28. The van der Waals surface area contributed by atoms with E-state index < -0.39 is 0 Å². The topological polar surface area (TPSA) is 61.2 Å². The van der Waals surface area contributed by atoms with Gasteiger partial charge < -0.3 is 14.8 Å². The van der Waals surface area contributed by atoms with Gasteiger partial charge in [0.15, 0.2) is 0 Å². The van der Waals surface area contributed by atoms with Crippen molar-refractivity contribution in [1.29, 1.82) is 0 Å². The Bertz CT molecular complexity index is 1050. The number of nitrogens with one attached hydrogen (secondary N) is 1. The molecule has 1 aliphatic rings. The number of benzene rings is 2. The zero-order valence-electron chi connectivity index (χ0n) is 18.0. The van der Waals surface area contributed by atoms with Gasteiger partial charge in [-0.05, 0) is 74.8 Å². The molecular weight excluding hydrogens is 435 g/mol. The Labute approximate surface area is 192 Å². The highest BCUT2D eigenvalue weighted by atomic mass is 35.5. The van der Waals surface area contributed by atoms with E-state index in [-0.39, 0.29) is 18.1 Å². The first-order valence-corrected chi connectivity index (χ1v) is 11.0. The summed E-state index contributed by atoms with van der Waals surface area (Å²) in [5.74, 6) is 2.56. The summed E-state index contributed by atoms with van der Waals surface area (Å²) < 4.78 is 14.3. The van der Waals surface area contributed by atoms with E-state index in [1.807, 2.05) is 55.8 Å². The fraction of sp³-hybridized carbons (Fsp3) is 0.391. The molecule has 8 heteroatoms. The number of likely N-dealkylation sites (N-methyl/N-ethyl adjacent to an activating group) is 1. The molecule has 31 heavy (non-hydrogen) atoms. The third-order valence-electron chi connectivity index (χ3n) is 5.86. The van der Waals surface area contributed by atoms with Crippen LogP contribution < -0.4 is 10.1 Å². The minimum atomic E-state index is -0.214. The summed E-state index contributed by atoms with van der Waals surface area (Å²) in [5, 5.41) is 12.8. The second-order valence-corrected chi connectivity index (χ2v) is 8.66. The van der Waals surface area contributed by atoms with Gasteiger partial charge in [-0.3, -0.25) is 4.57 Å². The summed E-state index contributed by atoms with van der Waals surface area (Å²) in [6.07, 6.45) is 0.528. The number of methoxy groups -OCH3 is 1. The van der Waals surface area contributed by atoms with Gasteiger partial charge in [0, 0.05) is 35.3 Å². The van der Waals surface area contributed by atoms with Gasteiger partial charge in [0.05, 0.1) is 6.10 Å². The van der Waals surface area contributed by atoms with Crippen LogP contribution in [-0.4, -0.2) is 41.6 Å². The van der Waals surface area contributed by atoms with Crippen molar-refractivity contribution >= 4 is 23.2 Å². The smallest absolute Gasteiger partial charge is 0.134 e. The lowest BCUT2D eigenvalue weighted by atomic mass is 9.96. The molecular formula is C23H26Cl2N4O2. The molecule has 1 unspecified atom stereocenters. The van der Waals surface area contributed by atoms with E-state index in [4.69, 9.17) is 32.7 Å². The van der Waals surface area contributed by atoms with E-state index in [1.54, 1.807) is 13.2 Å². The van der Waals surface area contributed by atoms with Gasteiger partial charge in [0.2, 0.25) is 0 Å². The lowest BCUT2D eigenvalue weighted by molar-refractivity contribution is 0.00510. The Morgan fingerprint density at radius 2 is 1.81 bits per heavy atom. The predicted octanol–water partition coefficient (Wildman–Crippen LogP) is 4.72. The Hall–Kier alpha value is -2.12. The SMILES string of the molecule is CNCC(OC)[C@H]1Cc2c(Cl)cc(Cl)cc2[C@H]1Oc1ccc(-n2c(C)nnc2C)cc1. The van der Waals surface area contributed by atoms with E-state index in [0.717, 1.165) is 40.6 Å². The number of nitrogens with zero attached hydrogens (tertiary/aromatic N) is 3. The highest BCUT2D eigenvalue weighted by Crippen LogP contribution is 2.45. The van der Waals surface area contributed by atoms with Crippen molar-refractivity contribution in [2.24, 2.45) is 5.92 Å². The maximum atomic E-state index is 6.53. The van der Waals surface area contributed by atoms with Gasteiger partial charge in [0.25, 0.3) is 0 Å². The fourth-order valence-electron chi connectivity index (χ4n) is 4.42. The molecule has 3 atom stereocenters. The van der Waals surface area contributed by atoms with Gasteiger partial charge in [0.1, 0.15) is 23.5 Å². The first kappa shape index (κ1) is 22.1. The van der Waals surface area contributed by atoms with Crippen molar-refractivity contribution in [2.75, 3.05) is 20.7 Å². The maximum absolute atomic E-state index is 6.53. The number of hydrogen-bond acceptors (Lipinski definition) is 5. The van der Waals surface area contributed by atoms with E-state index >= 15 is 0 Å². The van der Waals surface area contributed by atoms with Gasteiger partial charge in [-0.1, -0.05) is 23.2 Å². The number of ether oxygens (including phenoxy) is 2. The molecule has 0 saturated heterocycles. The number of fused-ring (bicyclic) bond motifs is 1. The zero-order valence-corrected chi connectivity index (χ0v) is 19.5. The van der Waals surface area contributed by atoms with Crippen molar-refractivity contribution in [3.05, 3.63) is 69.2 Å². The molecule has 3 aromatic rings. The van der Waals surface area contributed by atoms with E-state index in [0.29, 0.717) is 16.6 Å². The standard InChI is InChI=1S/C23H26Cl2N4O2/c1-13-27-28-14(2)29(13)16-5-7-17(8-6-16)31-23-19-9-15(24)10-21(25)18(19)11-20(23)22(30-4)12-26-3/h5-10,20,22-23,26H,11-12H2,1-4H3/t20-,22?,23-/m1/s1. The highest BCUT2D eigenvalue weighted by Gasteiger charge is 2.40. The summed E-state index contributed by atoms with van der Waals surface area (Å²) in [4.78, 5) is 0. The molecule has 6 nitrogen and oxygen atoms in total. The number of hydrogen-bond donors (Lipinski definition) is 1. The molecule has 1 aliphatic carbocycles. The Kier molecular flexibility index (Phi) is 6.53. The van der Waals surface area contributed by atoms with Crippen molar-refractivity contribution in [3.8, 4) is 11.4 Å². The summed E-state index contributed by atoms with van der Waals surface area (Å²) in [6, 6.07) is 11.7. The van der Waals surface area contributed by atoms with Crippen LogP contribution in [0.4, 0.5) is 0 Å². The second kappa shape index (κ2) is 9.17. The molecule has 1 heterocycles. The third-order valence-corrected chi connectivity index (χ3v) is 6.42. The summed E-state index contributed by atoms with van der Waals surface area (Å²) in [5.41, 5.74) is 3.09. The predicted molar refractivity (Wildman–Crippen MR) is 123 cm³/mol. The molecule has 0 fully saturated rings. The third kappa shape index (κ3) is 4.30. The van der Waals surface area contributed by atoms with Crippen LogP contribution >= 0.6 is 23.2 Å². The number of aryl methyl sites for hydroxylation is 2.